The third kappa shape index (κ3) is 3.68. The van der Waals surface area contributed by atoms with Crippen LogP contribution in [-0.2, 0) is 4.74 Å². The van der Waals surface area contributed by atoms with E-state index in [4.69, 9.17) is 10.6 Å². The summed E-state index contributed by atoms with van der Waals surface area (Å²) in [6, 6.07) is 5.43. The largest absolute Gasteiger partial charge is 0.381 e. The fourth-order valence-corrected chi connectivity index (χ4v) is 2.27. The average Bonchev–Trinajstić information content (AvgIpc) is 2.91. The van der Waals surface area contributed by atoms with E-state index in [2.05, 4.69) is 10.7 Å². The first-order chi connectivity index (χ1) is 9.20. The first-order valence-electron chi connectivity index (χ1n) is 6.64. The SMILES string of the molecule is Cc1cc(C(=O)NCCC2CCOC2)ccc1NN. The van der Waals surface area contributed by atoms with Gasteiger partial charge in [0.15, 0.2) is 0 Å². The molecule has 5 heteroatoms. The predicted octanol–water partition coefficient (Wildman–Crippen LogP) is 1.44. The lowest BCUT2D eigenvalue weighted by atomic mass is 10.1. The number of hydrogen-bond acceptors (Lipinski definition) is 4. The Kier molecular flexibility index (Phi) is 4.76. The minimum atomic E-state index is -0.0365. The number of amides is 1. The molecule has 2 rings (SSSR count). The van der Waals surface area contributed by atoms with E-state index in [-0.39, 0.29) is 5.91 Å². The molecule has 1 heterocycles. The Bertz CT molecular complexity index is 442. The monoisotopic (exact) mass is 263 g/mol. The molecule has 0 bridgehead atoms. The molecule has 104 valence electrons. The highest BCUT2D eigenvalue weighted by atomic mass is 16.5. The van der Waals surface area contributed by atoms with E-state index in [1.807, 2.05) is 19.1 Å². The second-order valence-electron chi connectivity index (χ2n) is 4.95. The normalized spacial score (nSPS) is 18.3. The van der Waals surface area contributed by atoms with E-state index < -0.39 is 0 Å². The highest BCUT2D eigenvalue weighted by Gasteiger charge is 2.15. The van der Waals surface area contributed by atoms with Crippen LogP contribution in [0.3, 0.4) is 0 Å². The van der Waals surface area contributed by atoms with Gasteiger partial charge in [-0.1, -0.05) is 0 Å². The summed E-state index contributed by atoms with van der Waals surface area (Å²) in [6.07, 6.45) is 2.08. The second-order valence-corrected chi connectivity index (χ2v) is 4.95. The van der Waals surface area contributed by atoms with Gasteiger partial charge in [0.05, 0.1) is 5.69 Å². The molecule has 0 radical (unpaired) electrons. The van der Waals surface area contributed by atoms with E-state index >= 15 is 0 Å². The molecule has 1 amide bonds. The van der Waals surface area contributed by atoms with Gasteiger partial charge in [0.1, 0.15) is 0 Å². The molecule has 1 aliphatic rings. The quantitative estimate of drug-likeness (QED) is 0.555. The van der Waals surface area contributed by atoms with Crippen molar-refractivity contribution in [1.29, 1.82) is 0 Å². The van der Waals surface area contributed by atoms with Crippen molar-refractivity contribution in [3.63, 3.8) is 0 Å². The molecule has 1 fully saturated rings. The van der Waals surface area contributed by atoms with Gasteiger partial charge in [0.25, 0.3) is 5.91 Å². The van der Waals surface area contributed by atoms with Gasteiger partial charge >= 0.3 is 0 Å². The van der Waals surface area contributed by atoms with Crippen LogP contribution in [0.25, 0.3) is 0 Å². The molecule has 1 atom stereocenters. The average molecular weight is 263 g/mol. The number of nitrogens with two attached hydrogens (primary N) is 1. The number of anilines is 1. The fraction of sp³-hybridized carbons (Fsp3) is 0.500. The summed E-state index contributed by atoms with van der Waals surface area (Å²) in [5.41, 5.74) is 5.05. The zero-order valence-electron chi connectivity index (χ0n) is 11.2. The Labute approximate surface area is 113 Å². The molecule has 4 N–H and O–H groups in total. The summed E-state index contributed by atoms with van der Waals surface area (Å²) in [4.78, 5) is 12.0. The first-order valence-corrected chi connectivity index (χ1v) is 6.64. The number of hydrazine groups is 1. The van der Waals surface area contributed by atoms with E-state index in [1.165, 1.54) is 0 Å². The van der Waals surface area contributed by atoms with Crippen molar-refractivity contribution in [3.05, 3.63) is 29.3 Å². The van der Waals surface area contributed by atoms with Gasteiger partial charge in [-0.25, -0.2) is 0 Å². The van der Waals surface area contributed by atoms with Gasteiger partial charge < -0.3 is 15.5 Å². The molecule has 0 spiro atoms. The van der Waals surface area contributed by atoms with Crippen molar-refractivity contribution in [3.8, 4) is 0 Å². The Morgan fingerprint density at radius 1 is 1.53 bits per heavy atom. The van der Waals surface area contributed by atoms with E-state index in [9.17, 15) is 4.79 Å². The van der Waals surface area contributed by atoms with Crippen LogP contribution in [0.5, 0.6) is 0 Å². The minimum Gasteiger partial charge on any atom is -0.381 e. The number of ether oxygens (including phenoxy) is 1. The van der Waals surface area contributed by atoms with Crippen molar-refractivity contribution >= 4 is 11.6 Å². The molecular formula is C14H21N3O2. The molecule has 0 saturated carbocycles. The molecule has 0 aromatic heterocycles. The number of carbonyl (C=O) groups is 1. The molecule has 1 aromatic rings. The van der Waals surface area contributed by atoms with E-state index in [0.717, 1.165) is 37.3 Å². The lowest BCUT2D eigenvalue weighted by molar-refractivity contribution is 0.0950. The van der Waals surface area contributed by atoms with Crippen LogP contribution >= 0.6 is 0 Å². The Hall–Kier alpha value is -1.59. The molecule has 5 nitrogen and oxygen atoms in total. The molecule has 1 unspecified atom stereocenters. The summed E-state index contributed by atoms with van der Waals surface area (Å²) in [5.74, 6) is 5.92. The zero-order valence-corrected chi connectivity index (χ0v) is 11.2. The number of nitrogen functional groups attached to an aromatic ring is 1. The highest BCUT2D eigenvalue weighted by Crippen LogP contribution is 2.16. The number of benzene rings is 1. The first kappa shape index (κ1) is 13.8. The van der Waals surface area contributed by atoms with Crippen molar-refractivity contribution in [2.24, 2.45) is 11.8 Å². The Morgan fingerprint density at radius 3 is 3.00 bits per heavy atom. The van der Waals surface area contributed by atoms with Gasteiger partial charge in [-0.2, -0.15) is 0 Å². The maximum Gasteiger partial charge on any atom is 0.251 e. The number of rotatable bonds is 5. The summed E-state index contributed by atoms with van der Waals surface area (Å²) >= 11 is 0. The summed E-state index contributed by atoms with van der Waals surface area (Å²) in [7, 11) is 0. The van der Waals surface area contributed by atoms with Crippen LogP contribution in [0.1, 0.15) is 28.8 Å². The van der Waals surface area contributed by atoms with Crippen LogP contribution < -0.4 is 16.6 Å². The standard InChI is InChI=1S/C14H21N3O2/c1-10-8-12(2-3-13(10)17-15)14(18)16-6-4-11-5-7-19-9-11/h2-3,8,11,17H,4-7,9,15H2,1H3,(H,16,18). The van der Waals surface area contributed by atoms with Crippen molar-refractivity contribution in [2.45, 2.75) is 19.8 Å². The number of carbonyl (C=O) groups excluding carboxylic acids is 1. The second kappa shape index (κ2) is 6.54. The minimum absolute atomic E-state index is 0.0365. The lowest BCUT2D eigenvalue weighted by Crippen LogP contribution is -2.26. The van der Waals surface area contributed by atoms with Gasteiger partial charge in [-0.3, -0.25) is 10.6 Å². The Balaban J connectivity index is 1.83. The molecule has 19 heavy (non-hydrogen) atoms. The summed E-state index contributed by atoms with van der Waals surface area (Å²) in [5, 5.41) is 2.94. The maximum absolute atomic E-state index is 12.0. The van der Waals surface area contributed by atoms with E-state index in [1.54, 1.807) is 6.07 Å². The van der Waals surface area contributed by atoms with Crippen molar-refractivity contribution in [2.75, 3.05) is 25.2 Å². The van der Waals surface area contributed by atoms with Crippen LogP contribution in [0.2, 0.25) is 0 Å². The van der Waals surface area contributed by atoms with Crippen molar-refractivity contribution < 1.29 is 9.53 Å². The Morgan fingerprint density at radius 2 is 2.37 bits per heavy atom. The maximum atomic E-state index is 12.0. The zero-order chi connectivity index (χ0) is 13.7. The highest BCUT2D eigenvalue weighted by molar-refractivity contribution is 5.94. The molecular weight excluding hydrogens is 242 g/mol. The molecule has 1 aliphatic heterocycles. The van der Waals surface area contributed by atoms with Gasteiger partial charge in [0.2, 0.25) is 0 Å². The third-order valence-corrected chi connectivity index (χ3v) is 3.51. The fourth-order valence-electron chi connectivity index (χ4n) is 2.27. The van der Waals surface area contributed by atoms with Gasteiger partial charge in [-0.15, -0.1) is 0 Å². The number of aryl methyl sites for hydroxylation is 1. The van der Waals surface area contributed by atoms with Crippen LogP contribution in [0, 0.1) is 12.8 Å². The third-order valence-electron chi connectivity index (χ3n) is 3.51. The topological polar surface area (TPSA) is 76.4 Å². The van der Waals surface area contributed by atoms with Gasteiger partial charge in [-0.05, 0) is 49.4 Å². The van der Waals surface area contributed by atoms with Crippen molar-refractivity contribution in [1.82, 2.24) is 5.32 Å². The molecule has 0 aliphatic carbocycles. The van der Waals surface area contributed by atoms with Gasteiger partial charge in [0, 0.05) is 25.3 Å². The van der Waals surface area contributed by atoms with Crippen LogP contribution in [-0.4, -0.2) is 25.7 Å². The number of hydrogen-bond donors (Lipinski definition) is 3. The van der Waals surface area contributed by atoms with E-state index in [0.29, 0.717) is 18.0 Å². The summed E-state index contributed by atoms with van der Waals surface area (Å²) in [6.45, 7) is 4.29. The smallest absolute Gasteiger partial charge is 0.251 e. The molecule has 1 aromatic carbocycles. The number of nitrogens with one attached hydrogen (secondary N) is 2. The van der Waals surface area contributed by atoms with Crippen LogP contribution in [0.15, 0.2) is 18.2 Å². The molecule has 1 saturated heterocycles. The lowest BCUT2D eigenvalue weighted by Gasteiger charge is -2.10. The van der Waals surface area contributed by atoms with Crippen LogP contribution in [0.4, 0.5) is 5.69 Å². The predicted molar refractivity (Wildman–Crippen MR) is 74.9 cm³/mol. The summed E-state index contributed by atoms with van der Waals surface area (Å²) < 4.78 is 5.31.